The van der Waals surface area contributed by atoms with E-state index in [2.05, 4.69) is 79.6 Å². The SMILES string of the molecule is CCNC(=NCC(C)(C)c1cccs1)NCC(C(C)C)N1CCN(C)CC1.I. The minimum atomic E-state index is 0. The first kappa shape index (κ1) is 25.7. The third-order valence-electron chi connectivity index (χ3n) is 5.42. The molecule has 1 aromatic rings. The zero-order chi connectivity index (χ0) is 19.9. The molecule has 7 heteroatoms. The molecule has 5 nitrogen and oxygen atoms in total. The first-order chi connectivity index (χ1) is 12.8. The van der Waals surface area contributed by atoms with Gasteiger partial charge in [0.2, 0.25) is 0 Å². The van der Waals surface area contributed by atoms with Crippen LogP contribution in [0.3, 0.4) is 0 Å². The lowest BCUT2D eigenvalue weighted by atomic mass is 9.92. The Balaban J connectivity index is 0.00000392. The molecule has 1 fully saturated rings. The van der Waals surface area contributed by atoms with Crippen LogP contribution < -0.4 is 10.6 Å². The van der Waals surface area contributed by atoms with Crippen molar-refractivity contribution in [3.05, 3.63) is 22.4 Å². The van der Waals surface area contributed by atoms with E-state index in [9.17, 15) is 0 Å². The molecule has 2 N–H and O–H groups in total. The van der Waals surface area contributed by atoms with Gasteiger partial charge in [0.05, 0.1) is 6.54 Å². The molecule has 0 bridgehead atoms. The van der Waals surface area contributed by atoms with Gasteiger partial charge in [-0.25, -0.2) is 0 Å². The van der Waals surface area contributed by atoms with E-state index in [1.54, 1.807) is 0 Å². The Bertz CT molecular complexity index is 565. The predicted octanol–water partition coefficient (Wildman–Crippen LogP) is 3.47. The van der Waals surface area contributed by atoms with E-state index in [0.29, 0.717) is 12.0 Å². The van der Waals surface area contributed by atoms with Gasteiger partial charge >= 0.3 is 0 Å². The average Bonchev–Trinajstić information content (AvgIpc) is 3.16. The van der Waals surface area contributed by atoms with Crippen molar-refractivity contribution in [2.24, 2.45) is 10.9 Å². The van der Waals surface area contributed by atoms with Crippen LogP contribution in [0.15, 0.2) is 22.5 Å². The summed E-state index contributed by atoms with van der Waals surface area (Å²) >= 11 is 1.82. The van der Waals surface area contributed by atoms with E-state index in [4.69, 9.17) is 4.99 Å². The number of piperazine rings is 1. The largest absolute Gasteiger partial charge is 0.357 e. The molecule has 0 aliphatic carbocycles. The van der Waals surface area contributed by atoms with Crippen molar-refractivity contribution in [1.82, 2.24) is 20.4 Å². The molecule has 1 aromatic heterocycles. The van der Waals surface area contributed by atoms with Gasteiger partial charge in [-0.2, -0.15) is 0 Å². The number of halogens is 1. The van der Waals surface area contributed by atoms with Gasteiger partial charge in [0.1, 0.15) is 0 Å². The Kier molecular flexibility index (Phi) is 11.3. The number of hydrogen-bond donors (Lipinski definition) is 2. The number of nitrogens with one attached hydrogen (secondary N) is 2. The van der Waals surface area contributed by atoms with Crippen LogP contribution in [0.1, 0.15) is 39.5 Å². The fraction of sp³-hybridized carbons (Fsp3) is 0.762. The summed E-state index contributed by atoms with van der Waals surface area (Å²) in [6, 6.07) is 4.87. The van der Waals surface area contributed by atoms with Crippen LogP contribution in [0.2, 0.25) is 0 Å². The van der Waals surface area contributed by atoms with Crippen LogP contribution in [-0.2, 0) is 5.41 Å². The van der Waals surface area contributed by atoms with Crippen LogP contribution in [-0.4, -0.2) is 74.7 Å². The maximum atomic E-state index is 4.90. The first-order valence-electron chi connectivity index (χ1n) is 10.3. The van der Waals surface area contributed by atoms with E-state index in [1.165, 1.54) is 4.88 Å². The standard InChI is InChI=1S/C21H39N5S.HI/c1-7-22-20(24-16-21(4,5)19-9-8-14-27-19)23-15-18(17(2)3)26-12-10-25(6)11-13-26;/h8-9,14,17-18H,7,10-13,15-16H2,1-6H3,(H2,22,23,24);1H. The quantitative estimate of drug-likeness (QED) is 0.313. The molecule has 2 heterocycles. The Morgan fingerprint density at radius 1 is 1.21 bits per heavy atom. The summed E-state index contributed by atoms with van der Waals surface area (Å²) in [6.07, 6.45) is 0. The molecule has 1 atom stereocenters. The molecule has 1 saturated heterocycles. The van der Waals surface area contributed by atoms with Crippen LogP contribution in [0, 0.1) is 5.92 Å². The zero-order valence-electron chi connectivity index (χ0n) is 18.5. The summed E-state index contributed by atoms with van der Waals surface area (Å²) in [5.74, 6) is 1.55. The smallest absolute Gasteiger partial charge is 0.191 e. The summed E-state index contributed by atoms with van der Waals surface area (Å²) in [5, 5.41) is 9.18. The lowest BCUT2D eigenvalue weighted by Gasteiger charge is -2.40. The van der Waals surface area contributed by atoms with Crippen LogP contribution >= 0.6 is 35.3 Å². The van der Waals surface area contributed by atoms with Gasteiger partial charge < -0.3 is 15.5 Å². The van der Waals surface area contributed by atoms with Crippen LogP contribution in [0.5, 0.6) is 0 Å². The molecule has 1 aliphatic heterocycles. The van der Waals surface area contributed by atoms with Crippen molar-refractivity contribution in [1.29, 1.82) is 0 Å². The predicted molar refractivity (Wildman–Crippen MR) is 134 cm³/mol. The first-order valence-corrected chi connectivity index (χ1v) is 11.2. The molecule has 0 spiro atoms. The summed E-state index contributed by atoms with van der Waals surface area (Å²) in [6.45, 7) is 18.5. The monoisotopic (exact) mass is 521 g/mol. The molecule has 0 saturated carbocycles. The average molecular weight is 522 g/mol. The molecular formula is C21H40IN5S. The molecular weight excluding hydrogens is 481 g/mol. The Morgan fingerprint density at radius 3 is 2.43 bits per heavy atom. The van der Waals surface area contributed by atoms with Gasteiger partial charge in [-0.05, 0) is 31.3 Å². The number of guanidine groups is 1. The van der Waals surface area contributed by atoms with Gasteiger partial charge in [-0.1, -0.05) is 33.8 Å². The summed E-state index contributed by atoms with van der Waals surface area (Å²) in [7, 11) is 2.21. The fourth-order valence-corrected chi connectivity index (χ4v) is 4.35. The lowest BCUT2D eigenvalue weighted by Crippen LogP contribution is -2.55. The maximum absolute atomic E-state index is 4.90. The second-order valence-corrected chi connectivity index (χ2v) is 9.54. The summed E-state index contributed by atoms with van der Waals surface area (Å²) < 4.78 is 0. The Morgan fingerprint density at radius 2 is 1.89 bits per heavy atom. The third kappa shape index (κ3) is 7.80. The fourth-order valence-electron chi connectivity index (χ4n) is 3.50. The minimum absolute atomic E-state index is 0. The molecule has 28 heavy (non-hydrogen) atoms. The van der Waals surface area contributed by atoms with E-state index in [-0.39, 0.29) is 29.4 Å². The van der Waals surface area contributed by atoms with E-state index >= 15 is 0 Å². The number of likely N-dealkylation sites (N-methyl/N-ethyl adjacent to an activating group) is 1. The maximum Gasteiger partial charge on any atom is 0.191 e. The number of rotatable bonds is 8. The minimum Gasteiger partial charge on any atom is -0.357 e. The number of thiophene rings is 1. The highest BCUT2D eigenvalue weighted by Gasteiger charge is 2.25. The van der Waals surface area contributed by atoms with Crippen LogP contribution in [0.4, 0.5) is 0 Å². The van der Waals surface area contributed by atoms with Crippen molar-refractivity contribution in [2.75, 3.05) is 52.9 Å². The normalized spacial score (nSPS) is 18.0. The second kappa shape index (κ2) is 12.3. The number of aliphatic imine (C=N–C) groups is 1. The molecule has 1 aliphatic rings. The van der Waals surface area contributed by atoms with Gasteiger partial charge in [0.15, 0.2) is 5.96 Å². The number of hydrogen-bond acceptors (Lipinski definition) is 4. The van der Waals surface area contributed by atoms with Gasteiger partial charge in [0, 0.05) is 55.6 Å². The Labute approximate surface area is 193 Å². The van der Waals surface area contributed by atoms with Crippen molar-refractivity contribution in [3.8, 4) is 0 Å². The van der Waals surface area contributed by atoms with E-state index < -0.39 is 0 Å². The van der Waals surface area contributed by atoms with E-state index in [1.807, 2.05) is 11.3 Å². The Hall–Kier alpha value is -0.380. The van der Waals surface area contributed by atoms with Crippen LogP contribution in [0.25, 0.3) is 0 Å². The molecule has 2 rings (SSSR count). The third-order valence-corrected chi connectivity index (χ3v) is 6.66. The zero-order valence-corrected chi connectivity index (χ0v) is 21.6. The molecule has 162 valence electrons. The van der Waals surface area contributed by atoms with Crippen molar-refractivity contribution in [3.63, 3.8) is 0 Å². The van der Waals surface area contributed by atoms with Gasteiger partial charge in [0.25, 0.3) is 0 Å². The van der Waals surface area contributed by atoms with Crippen molar-refractivity contribution < 1.29 is 0 Å². The van der Waals surface area contributed by atoms with Gasteiger partial charge in [-0.15, -0.1) is 35.3 Å². The summed E-state index contributed by atoms with van der Waals surface area (Å²) in [5.41, 5.74) is 0.0609. The molecule has 0 radical (unpaired) electrons. The molecule has 0 amide bonds. The highest BCUT2D eigenvalue weighted by molar-refractivity contribution is 14.0. The van der Waals surface area contributed by atoms with Crippen molar-refractivity contribution in [2.45, 2.75) is 46.1 Å². The topological polar surface area (TPSA) is 42.9 Å². The highest BCUT2D eigenvalue weighted by Crippen LogP contribution is 2.27. The van der Waals surface area contributed by atoms with Crippen molar-refractivity contribution >= 4 is 41.3 Å². The lowest BCUT2D eigenvalue weighted by molar-refractivity contribution is 0.0900. The highest BCUT2D eigenvalue weighted by atomic mass is 127. The second-order valence-electron chi connectivity index (χ2n) is 8.59. The van der Waals surface area contributed by atoms with Gasteiger partial charge in [-0.3, -0.25) is 9.89 Å². The summed E-state index contributed by atoms with van der Waals surface area (Å²) in [4.78, 5) is 11.3. The number of nitrogens with zero attached hydrogens (tertiary/aromatic N) is 3. The molecule has 1 unspecified atom stereocenters. The van der Waals surface area contributed by atoms with E-state index in [0.717, 1.165) is 51.8 Å². The molecule has 0 aromatic carbocycles.